The van der Waals surface area contributed by atoms with Crippen molar-refractivity contribution in [2.75, 3.05) is 13.1 Å². The highest BCUT2D eigenvalue weighted by Gasteiger charge is 2.30. The molecule has 1 aliphatic heterocycles. The number of carbonyl (C=O) groups excluding carboxylic acids is 2. The van der Waals surface area contributed by atoms with Gasteiger partial charge in [-0.2, -0.15) is 0 Å². The van der Waals surface area contributed by atoms with Crippen molar-refractivity contribution in [3.63, 3.8) is 0 Å². The molecule has 0 aromatic rings. The first-order valence-electron chi connectivity index (χ1n) is 7.49. The Morgan fingerprint density at radius 2 is 1.65 bits per heavy atom. The van der Waals surface area contributed by atoms with Crippen molar-refractivity contribution < 1.29 is 14.3 Å². The second-order valence-electron chi connectivity index (χ2n) is 6.75. The number of rotatable bonds is 3. The van der Waals surface area contributed by atoms with Crippen LogP contribution in [-0.2, 0) is 9.53 Å². The zero-order chi connectivity index (χ0) is 15.3. The second-order valence-corrected chi connectivity index (χ2v) is 6.75. The maximum atomic E-state index is 12.5. The SMILES string of the molecule is CC(C)[C@H](NC(=O)OC(C)(C)C)C(=O)N1CCCCC1. The Labute approximate surface area is 122 Å². The maximum absolute atomic E-state index is 12.5. The monoisotopic (exact) mass is 284 g/mol. The summed E-state index contributed by atoms with van der Waals surface area (Å²) in [5.41, 5.74) is -0.556. The van der Waals surface area contributed by atoms with Crippen LogP contribution in [0.5, 0.6) is 0 Å². The Kier molecular flexibility index (Phi) is 5.84. The number of piperidine rings is 1. The van der Waals surface area contributed by atoms with E-state index in [4.69, 9.17) is 4.74 Å². The summed E-state index contributed by atoms with van der Waals surface area (Å²) >= 11 is 0. The Balaban J connectivity index is 2.63. The smallest absolute Gasteiger partial charge is 0.408 e. The predicted molar refractivity (Wildman–Crippen MR) is 78.4 cm³/mol. The summed E-state index contributed by atoms with van der Waals surface area (Å²) in [7, 11) is 0. The van der Waals surface area contributed by atoms with E-state index in [-0.39, 0.29) is 11.8 Å². The van der Waals surface area contributed by atoms with Gasteiger partial charge in [0.25, 0.3) is 0 Å². The standard InChI is InChI=1S/C15H28N2O3/c1-11(2)12(16-14(19)20-15(3,4)5)13(18)17-9-7-6-8-10-17/h11-12H,6-10H2,1-5H3,(H,16,19)/t12-/m0/s1. The molecular weight excluding hydrogens is 256 g/mol. The molecule has 0 aliphatic carbocycles. The quantitative estimate of drug-likeness (QED) is 0.866. The van der Waals surface area contributed by atoms with Crippen LogP contribution in [0.2, 0.25) is 0 Å². The Hall–Kier alpha value is -1.26. The number of likely N-dealkylation sites (tertiary alicyclic amines) is 1. The second kappa shape index (κ2) is 6.95. The number of carbonyl (C=O) groups is 2. The van der Waals surface area contributed by atoms with Crippen LogP contribution in [0, 0.1) is 5.92 Å². The van der Waals surface area contributed by atoms with E-state index in [2.05, 4.69) is 5.32 Å². The van der Waals surface area contributed by atoms with Crippen LogP contribution in [0.3, 0.4) is 0 Å². The summed E-state index contributed by atoms with van der Waals surface area (Å²) in [6.07, 6.45) is 2.74. The summed E-state index contributed by atoms with van der Waals surface area (Å²) in [5.74, 6) is 0.0440. The van der Waals surface area contributed by atoms with Crippen molar-refractivity contribution >= 4 is 12.0 Å². The lowest BCUT2D eigenvalue weighted by atomic mass is 10.0. The van der Waals surface area contributed by atoms with Gasteiger partial charge in [-0.3, -0.25) is 4.79 Å². The number of alkyl carbamates (subject to hydrolysis) is 1. The van der Waals surface area contributed by atoms with Crippen molar-refractivity contribution in [3.8, 4) is 0 Å². The van der Waals surface area contributed by atoms with E-state index in [9.17, 15) is 9.59 Å². The molecule has 20 heavy (non-hydrogen) atoms. The number of amides is 2. The van der Waals surface area contributed by atoms with Crippen LogP contribution in [0.4, 0.5) is 4.79 Å². The molecule has 1 fully saturated rings. The van der Waals surface area contributed by atoms with Gasteiger partial charge in [0.2, 0.25) is 5.91 Å². The predicted octanol–water partition coefficient (Wildman–Crippen LogP) is 2.55. The third kappa shape index (κ3) is 5.39. The topological polar surface area (TPSA) is 58.6 Å². The fraction of sp³-hybridized carbons (Fsp3) is 0.867. The molecule has 0 saturated carbocycles. The van der Waals surface area contributed by atoms with Crippen molar-refractivity contribution in [3.05, 3.63) is 0 Å². The average molecular weight is 284 g/mol. The summed E-state index contributed by atoms with van der Waals surface area (Å²) in [6.45, 7) is 10.9. The molecule has 1 saturated heterocycles. The van der Waals surface area contributed by atoms with E-state index >= 15 is 0 Å². The van der Waals surface area contributed by atoms with Crippen LogP contribution in [-0.4, -0.2) is 41.6 Å². The molecule has 0 aromatic carbocycles. The average Bonchev–Trinajstić information content (AvgIpc) is 2.34. The van der Waals surface area contributed by atoms with Gasteiger partial charge in [0.1, 0.15) is 11.6 Å². The molecule has 0 radical (unpaired) electrons. The molecule has 0 unspecified atom stereocenters. The van der Waals surface area contributed by atoms with Crippen LogP contribution in [0.15, 0.2) is 0 Å². The lowest BCUT2D eigenvalue weighted by Crippen LogP contribution is -2.53. The Bertz CT molecular complexity index is 342. The maximum Gasteiger partial charge on any atom is 0.408 e. The molecule has 1 rings (SSSR count). The van der Waals surface area contributed by atoms with Crippen molar-refractivity contribution in [2.45, 2.75) is 65.5 Å². The third-order valence-corrected chi connectivity index (χ3v) is 3.27. The van der Waals surface area contributed by atoms with Gasteiger partial charge in [-0.25, -0.2) is 4.79 Å². The highest BCUT2D eigenvalue weighted by Crippen LogP contribution is 2.14. The van der Waals surface area contributed by atoms with E-state index in [0.29, 0.717) is 0 Å². The summed E-state index contributed by atoms with van der Waals surface area (Å²) < 4.78 is 5.24. The highest BCUT2D eigenvalue weighted by atomic mass is 16.6. The molecule has 0 spiro atoms. The summed E-state index contributed by atoms with van der Waals surface area (Å²) in [4.78, 5) is 26.2. The van der Waals surface area contributed by atoms with E-state index in [1.807, 2.05) is 39.5 Å². The number of hydrogen-bond donors (Lipinski definition) is 1. The van der Waals surface area contributed by atoms with Crippen LogP contribution in [0.1, 0.15) is 53.9 Å². The molecule has 116 valence electrons. The molecule has 0 bridgehead atoms. The van der Waals surface area contributed by atoms with Gasteiger partial charge < -0.3 is 15.0 Å². The number of nitrogens with zero attached hydrogens (tertiary/aromatic N) is 1. The van der Waals surface area contributed by atoms with Gasteiger partial charge in [0.05, 0.1) is 0 Å². The van der Waals surface area contributed by atoms with E-state index in [0.717, 1.165) is 25.9 Å². The lowest BCUT2D eigenvalue weighted by Gasteiger charge is -2.32. The number of ether oxygens (including phenoxy) is 1. The Morgan fingerprint density at radius 1 is 1.10 bits per heavy atom. The minimum Gasteiger partial charge on any atom is -0.444 e. The lowest BCUT2D eigenvalue weighted by molar-refractivity contribution is -0.135. The van der Waals surface area contributed by atoms with E-state index < -0.39 is 17.7 Å². The van der Waals surface area contributed by atoms with Crippen molar-refractivity contribution in [1.29, 1.82) is 0 Å². The van der Waals surface area contributed by atoms with Crippen molar-refractivity contribution in [2.24, 2.45) is 5.92 Å². The van der Waals surface area contributed by atoms with Gasteiger partial charge in [0, 0.05) is 13.1 Å². The highest BCUT2D eigenvalue weighted by molar-refractivity contribution is 5.86. The zero-order valence-corrected chi connectivity index (χ0v) is 13.4. The van der Waals surface area contributed by atoms with Crippen LogP contribution >= 0.6 is 0 Å². The first kappa shape index (κ1) is 16.8. The van der Waals surface area contributed by atoms with Gasteiger partial charge in [-0.1, -0.05) is 13.8 Å². The minimum atomic E-state index is -0.556. The third-order valence-electron chi connectivity index (χ3n) is 3.27. The Morgan fingerprint density at radius 3 is 2.10 bits per heavy atom. The van der Waals surface area contributed by atoms with Crippen LogP contribution < -0.4 is 5.32 Å². The number of nitrogens with one attached hydrogen (secondary N) is 1. The summed E-state index contributed by atoms with van der Waals surface area (Å²) in [5, 5.41) is 2.72. The molecular formula is C15H28N2O3. The first-order valence-corrected chi connectivity index (χ1v) is 7.49. The van der Waals surface area contributed by atoms with Gasteiger partial charge >= 0.3 is 6.09 Å². The molecule has 2 amide bonds. The van der Waals surface area contributed by atoms with Gasteiger partial charge in [0.15, 0.2) is 0 Å². The molecule has 1 N–H and O–H groups in total. The fourth-order valence-corrected chi connectivity index (χ4v) is 2.26. The minimum absolute atomic E-state index is 0.00515. The van der Waals surface area contributed by atoms with Crippen molar-refractivity contribution in [1.82, 2.24) is 10.2 Å². The normalized spacial score (nSPS) is 17.8. The molecule has 5 heteroatoms. The first-order chi connectivity index (χ1) is 9.20. The zero-order valence-electron chi connectivity index (χ0n) is 13.4. The van der Waals surface area contributed by atoms with Gasteiger partial charge in [-0.05, 0) is 46.0 Å². The van der Waals surface area contributed by atoms with Gasteiger partial charge in [-0.15, -0.1) is 0 Å². The fourth-order valence-electron chi connectivity index (χ4n) is 2.26. The molecule has 1 heterocycles. The molecule has 1 atom stereocenters. The summed E-state index contributed by atoms with van der Waals surface area (Å²) in [6, 6.07) is -0.511. The largest absolute Gasteiger partial charge is 0.444 e. The molecule has 5 nitrogen and oxygen atoms in total. The van der Waals surface area contributed by atoms with E-state index in [1.54, 1.807) is 0 Å². The van der Waals surface area contributed by atoms with Crippen LogP contribution in [0.25, 0.3) is 0 Å². The molecule has 1 aliphatic rings. The number of hydrogen-bond acceptors (Lipinski definition) is 3. The molecule has 0 aromatic heterocycles. The van der Waals surface area contributed by atoms with E-state index in [1.165, 1.54) is 6.42 Å².